The summed E-state index contributed by atoms with van der Waals surface area (Å²) in [4.78, 5) is 15.1. The van der Waals surface area contributed by atoms with Crippen LogP contribution >= 0.6 is 0 Å². The monoisotopic (exact) mass is 445 g/mol. The minimum atomic E-state index is -3.87. The molecule has 8 heteroatoms. The molecule has 0 saturated carbocycles. The van der Waals surface area contributed by atoms with Gasteiger partial charge in [0.15, 0.2) is 0 Å². The first-order valence-corrected chi connectivity index (χ1v) is 12.0. The Morgan fingerprint density at radius 2 is 1.65 bits per heavy atom. The van der Waals surface area contributed by atoms with Gasteiger partial charge in [-0.05, 0) is 82.5 Å². The van der Waals surface area contributed by atoms with Crippen molar-refractivity contribution in [2.24, 2.45) is 0 Å². The zero-order valence-electron chi connectivity index (χ0n) is 18.6. The van der Waals surface area contributed by atoms with Gasteiger partial charge in [0.2, 0.25) is 10.0 Å². The highest BCUT2D eigenvalue weighted by molar-refractivity contribution is 7.89. The van der Waals surface area contributed by atoms with Gasteiger partial charge < -0.3 is 15.0 Å². The number of ether oxygens (including phenoxy) is 1. The Labute approximate surface area is 184 Å². The lowest BCUT2D eigenvalue weighted by Gasteiger charge is -2.28. The molecule has 1 heterocycles. The van der Waals surface area contributed by atoms with E-state index in [4.69, 9.17) is 4.74 Å². The largest absolute Gasteiger partial charge is 0.495 e. The number of carbonyl (C=O) groups excluding carboxylic acids is 1. The van der Waals surface area contributed by atoms with Crippen LogP contribution in [0.4, 0.5) is 11.4 Å². The van der Waals surface area contributed by atoms with Gasteiger partial charge in [-0.15, -0.1) is 0 Å². The molecule has 1 fully saturated rings. The molecule has 0 aliphatic carbocycles. The van der Waals surface area contributed by atoms with Crippen LogP contribution in [0.1, 0.15) is 50.4 Å². The van der Waals surface area contributed by atoms with Gasteiger partial charge in [-0.25, -0.2) is 13.1 Å². The molecule has 0 spiro atoms. The van der Waals surface area contributed by atoms with Crippen LogP contribution in [0.3, 0.4) is 0 Å². The highest BCUT2D eigenvalue weighted by Crippen LogP contribution is 2.27. The molecule has 1 aliphatic rings. The Hall–Kier alpha value is -2.58. The van der Waals surface area contributed by atoms with E-state index in [9.17, 15) is 13.2 Å². The van der Waals surface area contributed by atoms with Crippen LogP contribution in [0.25, 0.3) is 0 Å². The summed E-state index contributed by atoms with van der Waals surface area (Å²) in [5, 5.41) is 2.84. The number of hydrogen-bond donors (Lipinski definition) is 2. The molecule has 1 aliphatic heterocycles. The summed E-state index contributed by atoms with van der Waals surface area (Å²) in [7, 11) is -2.47. The fourth-order valence-electron chi connectivity index (χ4n) is 3.60. The predicted molar refractivity (Wildman–Crippen MR) is 124 cm³/mol. The number of nitrogens with zero attached hydrogens (tertiary/aromatic N) is 1. The van der Waals surface area contributed by atoms with E-state index in [-0.39, 0.29) is 22.1 Å². The van der Waals surface area contributed by atoms with Crippen molar-refractivity contribution in [1.29, 1.82) is 0 Å². The Kier molecular flexibility index (Phi) is 6.91. The summed E-state index contributed by atoms with van der Waals surface area (Å²) in [5.41, 5.74) is 1.36. The summed E-state index contributed by atoms with van der Waals surface area (Å²) in [6, 6.07) is 12.1. The maximum absolute atomic E-state index is 12.8. The highest BCUT2D eigenvalue weighted by atomic mass is 32.2. The van der Waals surface area contributed by atoms with Gasteiger partial charge in [-0.3, -0.25) is 4.79 Å². The fraction of sp³-hybridized carbons (Fsp3) is 0.435. The van der Waals surface area contributed by atoms with Gasteiger partial charge in [0.1, 0.15) is 10.6 Å². The maximum Gasteiger partial charge on any atom is 0.255 e. The van der Waals surface area contributed by atoms with E-state index in [0.717, 1.165) is 18.8 Å². The zero-order chi connectivity index (χ0) is 22.6. The van der Waals surface area contributed by atoms with Gasteiger partial charge in [-0.2, -0.15) is 0 Å². The van der Waals surface area contributed by atoms with E-state index in [2.05, 4.69) is 14.9 Å². The number of carbonyl (C=O) groups is 1. The lowest BCUT2D eigenvalue weighted by molar-refractivity contribution is 0.102. The average molecular weight is 446 g/mol. The molecule has 1 amide bonds. The smallest absolute Gasteiger partial charge is 0.255 e. The zero-order valence-corrected chi connectivity index (χ0v) is 19.4. The molecule has 3 rings (SSSR count). The van der Waals surface area contributed by atoms with Crippen molar-refractivity contribution in [3.63, 3.8) is 0 Å². The lowest BCUT2D eigenvalue weighted by Crippen LogP contribution is -2.40. The minimum absolute atomic E-state index is 0.0713. The van der Waals surface area contributed by atoms with Crippen molar-refractivity contribution >= 4 is 27.3 Å². The first kappa shape index (κ1) is 23.1. The molecular formula is C23H31N3O4S. The minimum Gasteiger partial charge on any atom is -0.495 e. The summed E-state index contributed by atoms with van der Waals surface area (Å²) in [6.45, 7) is 7.36. The molecule has 0 bridgehead atoms. The molecule has 0 aromatic heterocycles. The summed E-state index contributed by atoms with van der Waals surface area (Å²) in [6.07, 6.45) is 3.67. The molecule has 1 saturated heterocycles. The number of anilines is 2. The predicted octanol–water partition coefficient (Wildman–Crippen LogP) is 4.01. The highest BCUT2D eigenvalue weighted by Gasteiger charge is 2.26. The van der Waals surface area contributed by atoms with Crippen LogP contribution in [0.15, 0.2) is 47.4 Å². The maximum atomic E-state index is 12.8. The van der Waals surface area contributed by atoms with Crippen LogP contribution in [0.2, 0.25) is 0 Å². The van der Waals surface area contributed by atoms with E-state index in [1.807, 2.05) is 24.3 Å². The number of rotatable bonds is 6. The number of sulfonamides is 1. The van der Waals surface area contributed by atoms with Crippen molar-refractivity contribution in [3.8, 4) is 5.75 Å². The fourth-order valence-corrected chi connectivity index (χ4v) is 5.21. The molecule has 7 nitrogen and oxygen atoms in total. The van der Waals surface area contributed by atoms with Gasteiger partial charge in [0.25, 0.3) is 5.91 Å². The molecule has 2 aromatic rings. The molecular weight excluding hydrogens is 414 g/mol. The number of piperidine rings is 1. The number of hydrogen-bond acceptors (Lipinski definition) is 5. The van der Waals surface area contributed by atoms with E-state index < -0.39 is 15.6 Å². The quantitative estimate of drug-likeness (QED) is 0.701. The van der Waals surface area contributed by atoms with Gasteiger partial charge in [0, 0.05) is 35.6 Å². The second-order valence-corrected chi connectivity index (χ2v) is 10.4. The molecule has 2 aromatic carbocycles. The van der Waals surface area contributed by atoms with E-state index in [1.165, 1.54) is 38.5 Å². The first-order chi connectivity index (χ1) is 14.6. The number of nitrogens with one attached hydrogen (secondary N) is 2. The van der Waals surface area contributed by atoms with Crippen molar-refractivity contribution < 1.29 is 17.9 Å². The SMILES string of the molecule is COc1ccc(C(=O)Nc2ccc(N3CCCCC3)cc2)cc1S(=O)(=O)NC(C)(C)C. The van der Waals surface area contributed by atoms with Crippen molar-refractivity contribution in [3.05, 3.63) is 48.0 Å². The lowest BCUT2D eigenvalue weighted by atomic mass is 10.1. The summed E-state index contributed by atoms with van der Waals surface area (Å²) < 4.78 is 33.5. The van der Waals surface area contributed by atoms with Gasteiger partial charge in [0.05, 0.1) is 7.11 Å². The number of benzene rings is 2. The van der Waals surface area contributed by atoms with Crippen LogP contribution in [-0.4, -0.2) is 40.1 Å². The van der Waals surface area contributed by atoms with Gasteiger partial charge in [-0.1, -0.05) is 0 Å². The topological polar surface area (TPSA) is 87.7 Å². The Balaban J connectivity index is 1.78. The van der Waals surface area contributed by atoms with Crippen LogP contribution in [-0.2, 0) is 10.0 Å². The van der Waals surface area contributed by atoms with E-state index in [1.54, 1.807) is 26.8 Å². The van der Waals surface area contributed by atoms with Crippen LogP contribution in [0, 0.1) is 0 Å². The summed E-state index contributed by atoms with van der Waals surface area (Å²) >= 11 is 0. The normalized spacial score (nSPS) is 14.9. The molecule has 0 atom stereocenters. The third-order valence-corrected chi connectivity index (χ3v) is 6.78. The van der Waals surface area contributed by atoms with Crippen LogP contribution < -0.4 is 19.7 Å². The van der Waals surface area contributed by atoms with Gasteiger partial charge >= 0.3 is 0 Å². The molecule has 0 unspecified atom stereocenters. The van der Waals surface area contributed by atoms with Crippen LogP contribution in [0.5, 0.6) is 5.75 Å². The Morgan fingerprint density at radius 1 is 1.00 bits per heavy atom. The Morgan fingerprint density at radius 3 is 2.23 bits per heavy atom. The summed E-state index contributed by atoms with van der Waals surface area (Å²) in [5.74, 6) is -0.209. The van der Waals surface area contributed by atoms with Crippen molar-refractivity contribution in [2.75, 3.05) is 30.4 Å². The van der Waals surface area contributed by atoms with E-state index >= 15 is 0 Å². The molecule has 0 radical (unpaired) electrons. The average Bonchev–Trinajstić information content (AvgIpc) is 2.72. The second kappa shape index (κ2) is 9.28. The molecule has 2 N–H and O–H groups in total. The Bertz CT molecular complexity index is 1020. The third kappa shape index (κ3) is 5.98. The number of amides is 1. The molecule has 168 valence electrons. The van der Waals surface area contributed by atoms with Crippen molar-refractivity contribution in [1.82, 2.24) is 4.72 Å². The second-order valence-electron chi connectivity index (χ2n) is 8.77. The standard InChI is InChI=1S/C23H31N3O4S/c1-23(2,3)25-31(28,29)21-16-17(8-13-20(21)30-4)22(27)24-18-9-11-19(12-10-18)26-14-6-5-7-15-26/h8-13,16,25H,5-7,14-15H2,1-4H3,(H,24,27). The number of methoxy groups -OCH3 is 1. The van der Waals surface area contributed by atoms with Crippen molar-refractivity contribution in [2.45, 2.75) is 50.5 Å². The molecule has 31 heavy (non-hydrogen) atoms. The third-order valence-electron chi connectivity index (χ3n) is 5.00. The van der Waals surface area contributed by atoms with E-state index in [0.29, 0.717) is 5.69 Å². The first-order valence-electron chi connectivity index (χ1n) is 10.5.